The van der Waals surface area contributed by atoms with Gasteiger partial charge in [-0.2, -0.15) is 18.3 Å². The molecule has 3 rings (SSSR count). The smallest absolute Gasteiger partial charge is 0.337 e. The van der Waals surface area contributed by atoms with Crippen LogP contribution in [0.15, 0.2) is 36.4 Å². The molecule has 1 N–H and O–H groups in total. The molecule has 7 heteroatoms. The van der Waals surface area contributed by atoms with Crippen molar-refractivity contribution in [2.24, 2.45) is 5.92 Å². The van der Waals surface area contributed by atoms with Gasteiger partial charge >= 0.3 is 6.18 Å². The summed E-state index contributed by atoms with van der Waals surface area (Å²) >= 11 is 0. The van der Waals surface area contributed by atoms with E-state index in [1.54, 1.807) is 6.07 Å². The van der Waals surface area contributed by atoms with E-state index in [1.165, 1.54) is 4.90 Å². The molecular formula is C16H16F3N3O. The van der Waals surface area contributed by atoms with E-state index < -0.39 is 18.0 Å². The summed E-state index contributed by atoms with van der Waals surface area (Å²) in [7, 11) is 0. The second kappa shape index (κ2) is 6.06. The summed E-state index contributed by atoms with van der Waals surface area (Å²) in [6.45, 7) is 0.0487. The summed E-state index contributed by atoms with van der Waals surface area (Å²) in [5, 5.41) is 6.71. The first-order valence-electron chi connectivity index (χ1n) is 7.42. The van der Waals surface area contributed by atoms with Crippen molar-refractivity contribution in [2.75, 3.05) is 13.1 Å². The van der Waals surface area contributed by atoms with Gasteiger partial charge in [-0.05, 0) is 18.9 Å². The minimum Gasteiger partial charge on any atom is -0.337 e. The van der Waals surface area contributed by atoms with E-state index in [4.69, 9.17) is 0 Å². The predicted octanol–water partition coefficient (Wildman–Crippen LogP) is 3.49. The second-order valence-corrected chi connectivity index (χ2v) is 5.66. The maximum Gasteiger partial charge on any atom is 0.393 e. The Kier molecular flexibility index (Phi) is 4.11. The topological polar surface area (TPSA) is 49.0 Å². The quantitative estimate of drug-likeness (QED) is 0.920. The minimum absolute atomic E-state index is 0.0749. The molecule has 1 atom stereocenters. The van der Waals surface area contributed by atoms with Crippen molar-refractivity contribution < 1.29 is 18.0 Å². The average molecular weight is 323 g/mol. The maximum atomic E-state index is 12.8. The number of hydrogen-bond acceptors (Lipinski definition) is 2. The van der Waals surface area contributed by atoms with Gasteiger partial charge in [0.05, 0.1) is 11.6 Å². The van der Waals surface area contributed by atoms with E-state index in [-0.39, 0.29) is 18.7 Å². The molecule has 1 saturated heterocycles. The molecule has 1 aromatic carbocycles. The number of amides is 1. The van der Waals surface area contributed by atoms with Crippen molar-refractivity contribution in [3.8, 4) is 11.3 Å². The van der Waals surface area contributed by atoms with E-state index in [1.807, 2.05) is 30.3 Å². The van der Waals surface area contributed by atoms with Crippen molar-refractivity contribution in [2.45, 2.75) is 19.0 Å². The highest BCUT2D eigenvalue weighted by atomic mass is 19.4. The molecule has 1 aliphatic rings. The summed E-state index contributed by atoms with van der Waals surface area (Å²) in [5.74, 6) is -1.88. The van der Waals surface area contributed by atoms with Crippen LogP contribution in [0, 0.1) is 5.92 Å². The number of nitrogens with zero attached hydrogens (tertiary/aromatic N) is 2. The highest BCUT2D eigenvalue weighted by Gasteiger charge is 2.42. The lowest BCUT2D eigenvalue weighted by Crippen LogP contribution is -2.44. The van der Waals surface area contributed by atoms with Crippen LogP contribution in [0.5, 0.6) is 0 Å². The van der Waals surface area contributed by atoms with E-state index >= 15 is 0 Å². The summed E-state index contributed by atoms with van der Waals surface area (Å²) in [5.41, 5.74) is 1.65. The number of aromatic nitrogens is 2. The van der Waals surface area contributed by atoms with Crippen molar-refractivity contribution in [3.05, 3.63) is 42.1 Å². The molecule has 4 nitrogen and oxygen atoms in total. The largest absolute Gasteiger partial charge is 0.393 e. The number of nitrogens with one attached hydrogen (secondary N) is 1. The molecule has 2 aromatic rings. The first-order chi connectivity index (χ1) is 10.9. The van der Waals surface area contributed by atoms with Crippen LogP contribution in [0.25, 0.3) is 11.3 Å². The number of likely N-dealkylation sites (tertiary alicyclic amines) is 1. The number of halogens is 3. The molecular weight excluding hydrogens is 307 g/mol. The summed E-state index contributed by atoms with van der Waals surface area (Å²) in [6, 6.07) is 10.9. The lowest BCUT2D eigenvalue weighted by atomic mass is 9.97. The van der Waals surface area contributed by atoms with Crippen LogP contribution in [-0.4, -0.2) is 40.3 Å². The first-order valence-corrected chi connectivity index (χ1v) is 7.42. The minimum atomic E-state index is -4.26. The highest BCUT2D eigenvalue weighted by molar-refractivity contribution is 5.93. The Morgan fingerprint density at radius 2 is 2.00 bits per heavy atom. The Morgan fingerprint density at radius 1 is 1.26 bits per heavy atom. The molecule has 1 amide bonds. The number of rotatable bonds is 2. The molecule has 0 saturated carbocycles. The zero-order valence-electron chi connectivity index (χ0n) is 12.3. The predicted molar refractivity (Wildman–Crippen MR) is 78.7 cm³/mol. The van der Waals surface area contributed by atoms with Gasteiger partial charge in [0.25, 0.3) is 5.91 Å². The van der Waals surface area contributed by atoms with E-state index in [9.17, 15) is 18.0 Å². The van der Waals surface area contributed by atoms with Crippen LogP contribution in [0.3, 0.4) is 0 Å². The van der Waals surface area contributed by atoms with Gasteiger partial charge < -0.3 is 4.90 Å². The number of benzene rings is 1. The van der Waals surface area contributed by atoms with E-state index in [2.05, 4.69) is 10.2 Å². The van der Waals surface area contributed by atoms with Crippen molar-refractivity contribution in [3.63, 3.8) is 0 Å². The molecule has 0 bridgehead atoms. The van der Waals surface area contributed by atoms with Gasteiger partial charge in [-0.3, -0.25) is 9.89 Å². The summed E-state index contributed by atoms with van der Waals surface area (Å²) in [4.78, 5) is 13.7. The molecule has 1 fully saturated rings. The van der Waals surface area contributed by atoms with Crippen LogP contribution >= 0.6 is 0 Å². The number of carbonyl (C=O) groups excluding carboxylic acids is 1. The van der Waals surface area contributed by atoms with Gasteiger partial charge in [-0.25, -0.2) is 0 Å². The molecule has 23 heavy (non-hydrogen) atoms. The Balaban J connectivity index is 1.75. The lowest BCUT2D eigenvalue weighted by Gasteiger charge is -2.33. The summed E-state index contributed by atoms with van der Waals surface area (Å²) in [6.07, 6.45) is -3.83. The van der Waals surface area contributed by atoms with Gasteiger partial charge in [0, 0.05) is 18.7 Å². The lowest BCUT2D eigenvalue weighted by molar-refractivity contribution is -0.184. The van der Waals surface area contributed by atoms with Crippen molar-refractivity contribution in [1.29, 1.82) is 0 Å². The summed E-state index contributed by atoms with van der Waals surface area (Å²) < 4.78 is 38.5. The number of piperidine rings is 1. The fourth-order valence-electron chi connectivity index (χ4n) is 2.79. The number of H-pyrrole nitrogens is 1. The number of alkyl halides is 3. The third-order valence-electron chi connectivity index (χ3n) is 4.05. The number of aromatic amines is 1. The van der Waals surface area contributed by atoms with E-state index in [0.717, 1.165) is 5.56 Å². The fourth-order valence-corrected chi connectivity index (χ4v) is 2.79. The van der Waals surface area contributed by atoms with Crippen LogP contribution in [0.2, 0.25) is 0 Å². The number of carbonyl (C=O) groups is 1. The SMILES string of the molecule is O=C(c1cc(-c2ccccc2)n[nH]1)N1CCC[C@H](C(F)(F)F)C1. The standard InChI is InChI=1S/C16H16F3N3O/c17-16(18,19)12-7-4-8-22(10-12)15(23)14-9-13(20-21-14)11-5-2-1-3-6-11/h1-3,5-6,9,12H,4,7-8,10H2,(H,20,21)/t12-/m0/s1. The maximum absolute atomic E-state index is 12.8. The molecule has 1 aliphatic heterocycles. The Bertz CT molecular complexity index is 681. The monoisotopic (exact) mass is 323 g/mol. The second-order valence-electron chi connectivity index (χ2n) is 5.66. The molecule has 1 aromatic heterocycles. The van der Waals surface area contributed by atoms with Gasteiger partial charge in [0.1, 0.15) is 5.69 Å². The molecule has 2 heterocycles. The van der Waals surface area contributed by atoms with Gasteiger partial charge in [0.15, 0.2) is 0 Å². The van der Waals surface area contributed by atoms with Crippen LogP contribution < -0.4 is 0 Å². The van der Waals surface area contributed by atoms with E-state index in [0.29, 0.717) is 18.7 Å². The fraction of sp³-hybridized carbons (Fsp3) is 0.375. The number of hydrogen-bond donors (Lipinski definition) is 1. The van der Waals surface area contributed by atoms with Crippen molar-refractivity contribution >= 4 is 5.91 Å². The van der Waals surface area contributed by atoms with Crippen LogP contribution in [-0.2, 0) is 0 Å². The zero-order valence-corrected chi connectivity index (χ0v) is 12.3. The van der Waals surface area contributed by atoms with Crippen LogP contribution in [0.4, 0.5) is 13.2 Å². The van der Waals surface area contributed by atoms with Gasteiger partial charge in [0.2, 0.25) is 0 Å². The third-order valence-corrected chi connectivity index (χ3v) is 4.05. The molecule has 0 unspecified atom stereocenters. The van der Waals surface area contributed by atoms with Crippen LogP contribution in [0.1, 0.15) is 23.3 Å². The zero-order chi connectivity index (χ0) is 16.4. The first kappa shape index (κ1) is 15.6. The molecule has 0 spiro atoms. The highest BCUT2D eigenvalue weighted by Crippen LogP contribution is 2.33. The van der Waals surface area contributed by atoms with Crippen molar-refractivity contribution in [1.82, 2.24) is 15.1 Å². The van der Waals surface area contributed by atoms with Gasteiger partial charge in [-0.15, -0.1) is 0 Å². The average Bonchev–Trinajstić information content (AvgIpc) is 3.04. The third kappa shape index (κ3) is 3.38. The Hall–Kier alpha value is -2.31. The Labute approximate surface area is 131 Å². The molecule has 0 radical (unpaired) electrons. The van der Waals surface area contributed by atoms with Gasteiger partial charge in [-0.1, -0.05) is 30.3 Å². The molecule has 122 valence electrons. The normalized spacial score (nSPS) is 18.9. The Morgan fingerprint density at radius 3 is 2.70 bits per heavy atom. The molecule has 0 aliphatic carbocycles.